The van der Waals surface area contributed by atoms with Crippen LogP contribution in [-0.2, 0) is 22.6 Å². The summed E-state index contributed by atoms with van der Waals surface area (Å²) in [5.41, 5.74) is 1.82. The molecule has 1 aliphatic heterocycles. The lowest BCUT2D eigenvalue weighted by Crippen LogP contribution is -3.15. The van der Waals surface area contributed by atoms with Gasteiger partial charge < -0.3 is 19.7 Å². The number of rotatable bonds is 6. The number of hydrogen-bond acceptors (Lipinski definition) is 3. The predicted molar refractivity (Wildman–Crippen MR) is 107 cm³/mol. The van der Waals surface area contributed by atoms with Crippen LogP contribution in [0.4, 0.5) is 5.69 Å². The van der Waals surface area contributed by atoms with E-state index < -0.39 is 0 Å². The predicted octanol–water partition coefficient (Wildman–Crippen LogP) is -0.223. The minimum atomic E-state index is -0.177. The second-order valence-corrected chi connectivity index (χ2v) is 7.03. The van der Waals surface area contributed by atoms with Gasteiger partial charge in [-0.2, -0.15) is 0 Å². The fraction of sp³-hybridized carbons (Fsp3) is 0.381. The molecule has 0 aliphatic carbocycles. The highest BCUT2D eigenvalue weighted by molar-refractivity contribution is 5.92. The van der Waals surface area contributed by atoms with Gasteiger partial charge in [0.1, 0.15) is 6.54 Å². The van der Waals surface area contributed by atoms with E-state index in [-0.39, 0.29) is 23.9 Å². The second kappa shape index (κ2) is 9.32. The SMILES string of the molecule is CCc1ccccc1NC(=O)C[NH+]1CCN(C(=O)Cn2ccccc2=O)CC1. The Hall–Kier alpha value is -2.93. The summed E-state index contributed by atoms with van der Waals surface area (Å²) in [5, 5.41) is 3.00. The maximum atomic E-state index is 12.4. The van der Waals surface area contributed by atoms with Gasteiger partial charge in [0.25, 0.3) is 11.5 Å². The highest BCUT2D eigenvalue weighted by Crippen LogP contribution is 2.14. The van der Waals surface area contributed by atoms with Crippen LogP contribution in [0.2, 0.25) is 0 Å². The minimum absolute atomic E-state index is 0.00786. The maximum Gasteiger partial charge on any atom is 0.279 e. The standard InChI is InChI=1S/C21H26N4O3/c1-2-17-7-3-4-8-18(17)22-19(26)15-23-11-13-24(14-12-23)21(28)16-25-10-6-5-9-20(25)27/h3-10H,2,11-16H2,1H3,(H,22,26)/p+1. The van der Waals surface area contributed by atoms with Gasteiger partial charge in [-0.05, 0) is 24.1 Å². The molecule has 7 heteroatoms. The molecule has 0 radical (unpaired) electrons. The number of aromatic nitrogens is 1. The van der Waals surface area contributed by atoms with Gasteiger partial charge >= 0.3 is 0 Å². The van der Waals surface area contributed by atoms with E-state index in [1.807, 2.05) is 24.3 Å². The average Bonchev–Trinajstić information content (AvgIpc) is 2.70. The Bertz CT molecular complexity index is 885. The number of nitrogens with one attached hydrogen (secondary N) is 2. The fourth-order valence-corrected chi connectivity index (χ4v) is 3.46. The van der Waals surface area contributed by atoms with Crippen molar-refractivity contribution in [3.05, 3.63) is 64.6 Å². The molecule has 0 saturated carbocycles. The molecule has 148 valence electrons. The third-order valence-electron chi connectivity index (χ3n) is 5.11. The number of nitrogens with zero attached hydrogens (tertiary/aromatic N) is 2. The van der Waals surface area contributed by atoms with Crippen LogP contribution in [-0.4, -0.2) is 54.0 Å². The topological polar surface area (TPSA) is 75.8 Å². The largest absolute Gasteiger partial charge is 0.330 e. The summed E-state index contributed by atoms with van der Waals surface area (Å²) >= 11 is 0. The zero-order valence-corrected chi connectivity index (χ0v) is 16.2. The molecular weight excluding hydrogens is 356 g/mol. The summed E-state index contributed by atoms with van der Waals surface area (Å²) < 4.78 is 1.42. The maximum absolute atomic E-state index is 12.4. The Balaban J connectivity index is 1.47. The first kappa shape index (κ1) is 19.8. The van der Waals surface area contributed by atoms with Crippen LogP contribution >= 0.6 is 0 Å². The van der Waals surface area contributed by atoms with Gasteiger partial charge in [0.05, 0.1) is 26.2 Å². The van der Waals surface area contributed by atoms with Crippen molar-refractivity contribution in [1.82, 2.24) is 9.47 Å². The van der Waals surface area contributed by atoms with Gasteiger partial charge in [-0.25, -0.2) is 0 Å². The molecule has 1 aromatic carbocycles. The molecule has 0 bridgehead atoms. The third kappa shape index (κ3) is 5.07. The molecule has 7 nitrogen and oxygen atoms in total. The fourth-order valence-electron chi connectivity index (χ4n) is 3.46. The average molecular weight is 383 g/mol. The van der Waals surface area contributed by atoms with Crippen molar-refractivity contribution < 1.29 is 14.5 Å². The highest BCUT2D eigenvalue weighted by atomic mass is 16.2. The van der Waals surface area contributed by atoms with Crippen LogP contribution in [0.15, 0.2) is 53.5 Å². The van der Waals surface area contributed by atoms with Crippen molar-refractivity contribution in [3.63, 3.8) is 0 Å². The van der Waals surface area contributed by atoms with Gasteiger partial charge in [0, 0.05) is 18.0 Å². The smallest absolute Gasteiger partial charge is 0.279 e. The molecular formula is C21H27N4O3+. The molecule has 1 aromatic heterocycles. The number of para-hydroxylation sites is 1. The lowest BCUT2D eigenvalue weighted by molar-refractivity contribution is -0.895. The molecule has 3 rings (SSSR count). The van der Waals surface area contributed by atoms with Gasteiger partial charge in [0.15, 0.2) is 6.54 Å². The first-order valence-corrected chi connectivity index (χ1v) is 9.71. The van der Waals surface area contributed by atoms with Crippen LogP contribution < -0.4 is 15.8 Å². The molecule has 28 heavy (non-hydrogen) atoms. The first-order valence-electron chi connectivity index (χ1n) is 9.71. The van der Waals surface area contributed by atoms with Gasteiger partial charge in [-0.3, -0.25) is 14.4 Å². The monoisotopic (exact) mass is 383 g/mol. The van der Waals surface area contributed by atoms with Crippen LogP contribution in [0.3, 0.4) is 0 Å². The third-order valence-corrected chi connectivity index (χ3v) is 5.11. The van der Waals surface area contributed by atoms with E-state index >= 15 is 0 Å². The lowest BCUT2D eigenvalue weighted by Gasteiger charge is -2.32. The lowest BCUT2D eigenvalue weighted by atomic mass is 10.1. The number of pyridine rings is 1. The molecule has 2 amide bonds. The van der Waals surface area contributed by atoms with Crippen molar-refractivity contribution in [1.29, 1.82) is 0 Å². The zero-order chi connectivity index (χ0) is 19.9. The summed E-state index contributed by atoms with van der Waals surface area (Å²) in [7, 11) is 0. The number of amides is 2. The van der Waals surface area contributed by atoms with Crippen molar-refractivity contribution in [2.24, 2.45) is 0 Å². The Morgan fingerprint density at radius 3 is 2.50 bits per heavy atom. The molecule has 2 heterocycles. The quantitative estimate of drug-likeness (QED) is 0.724. The van der Waals surface area contributed by atoms with Crippen LogP contribution in [0.5, 0.6) is 0 Å². The molecule has 0 atom stereocenters. The summed E-state index contributed by atoms with van der Waals surface area (Å²) in [5.74, 6) is -0.0693. The van der Waals surface area contributed by atoms with Crippen LogP contribution in [0.1, 0.15) is 12.5 Å². The van der Waals surface area contributed by atoms with E-state index in [2.05, 4.69) is 12.2 Å². The van der Waals surface area contributed by atoms with E-state index in [0.717, 1.165) is 35.7 Å². The second-order valence-electron chi connectivity index (χ2n) is 7.03. The van der Waals surface area contributed by atoms with Crippen molar-refractivity contribution in [2.75, 3.05) is 38.0 Å². The summed E-state index contributed by atoms with van der Waals surface area (Å²) in [6.07, 6.45) is 2.49. The molecule has 1 aliphatic rings. The normalized spacial score (nSPS) is 14.7. The first-order chi connectivity index (χ1) is 13.6. The van der Waals surface area contributed by atoms with Crippen molar-refractivity contribution >= 4 is 17.5 Å². The van der Waals surface area contributed by atoms with Gasteiger partial charge in [0.2, 0.25) is 5.91 Å². The van der Waals surface area contributed by atoms with Crippen LogP contribution in [0, 0.1) is 0 Å². The number of quaternary nitrogens is 1. The van der Waals surface area contributed by atoms with Gasteiger partial charge in [-0.15, -0.1) is 0 Å². The number of carbonyl (C=O) groups excluding carboxylic acids is 2. The summed E-state index contributed by atoms with van der Waals surface area (Å²) in [6, 6.07) is 12.7. The molecule has 1 saturated heterocycles. The Morgan fingerprint density at radius 1 is 1.07 bits per heavy atom. The Kier molecular flexibility index (Phi) is 6.60. The van der Waals surface area contributed by atoms with Crippen molar-refractivity contribution in [3.8, 4) is 0 Å². The van der Waals surface area contributed by atoms with Crippen LogP contribution in [0.25, 0.3) is 0 Å². The molecule has 2 N–H and O–H groups in total. The number of carbonyl (C=O) groups is 2. The molecule has 1 fully saturated rings. The Labute approximate surface area is 164 Å². The van der Waals surface area contributed by atoms with E-state index in [4.69, 9.17) is 0 Å². The van der Waals surface area contributed by atoms with E-state index in [9.17, 15) is 14.4 Å². The zero-order valence-electron chi connectivity index (χ0n) is 16.2. The minimum Gasteiger partial charge on any atom is -0.330 e. The summed E-state index contributed by atoms with van der Waals surface area (Å²) in [4.78, 5) is 39.5. The van der Waals surface area contributed by atoms with E-state index in [0.29, 0.717) is 19.6 Å². The number of benzene rings is 1. The number of hydrogen-bond donors (Lipinski definition) is 2. The Morgan fingerprint density at radius 2 is 1.79 bits per heavy atom. The molecule has 0 unspecified atom stereocenters. The number of piperazine rings is 1. The highest BCUT2D eigenvalue weighted by Gasteiger charge is 2.25. The number of aryl methyl sites for hydroxylation is 1. The summed E-state index contributed by atoms with van der Waals surface area (Å²) in [6.45, 7) is 5.14. The van der Waals surface area contributed by atoms with Gasteiger partial charge in [-0.1, -0.05) is 31.2 Å². The molecule has 2 aromatic rings. The molecule has 0 spiro atoms. The van der Waals surface area contributed by atoms with E-state index in [1.165, 1.54) is 10.6 Å². The number of anilines is 1. The van der Waals surface area contributed by atoms with E-state index in [1.54, 1.807) is 23.2 Å². The van der Waals surface area contributed by atoms with Crippen molar-refractivity contribution in [2.45, 2.75) is 19.9 Å².